The van der Waals surface area contributed by atoms with Gasteiger partial charge in [0.05, 0.1) is 6.04 Å². The highest BCUT2D eigenvalue weighted by atomic mass is 19.1. The largest absolute Gasteiger partial charge is 0.491 e. The van der Waals surface area contributed by atoms with Crippen molar-refractivity contribution in [2.75, 3.05) is 13.7 Å². The maximum absolute atomic E-state index is 12.8. The summed E-state index contributed by atoms with van der Waals surface area (Å²) in [4.78, 5) is 17.7. The molecule has 23 heavy (non-hydrogen) atoms. The number of carbonyl (C=O) groups is 1. The quantitative estimate of drug-likeness (QED) is 0.891. The minimum atomic E-state index is -0.310. The second-order valence-corrected chi connectivity index (χ2v) is 5.33. The van der Waals surface area contributed by atoms with Gasteiger partial charge >= 0.3 is 6.03 Å². The second-order valence-electron chi connectivity index (χ2n) is 5.33. The summed E-state index contributed by atoms with van der Waals surface area (Å²) in [7, 11) is 1.72. The Hall–Kier alpha value is -2.63. The van der Waals surface area contributed by atoms with E-state index < -0.39 is 0 Å². The molecule has 122 valence electrons. The van der Waals surface area contributed by atoms with Gasteiger partial charge in [0.2, 0.25) is 0 Å². The van der Waals surface area contributed by atoms with Crippen molar-refractivity contribution in [2.24, 2.45) is 0 Å². The van der Waals surface area contributed by atoms with Crippen LogP contribution in [0.2, 0.25) is 0 Å². The highest BCUT2D eigenvalue weighted by Gasteiger charge is 2.13. The fraction of sp³-hybridized carbons (Fsp3) is 0.294. The van der Waals surface area contributed by atoms with Gasteiger partial charge in [-0.05, 0) is 42.8 Å². The fourth-order valence-corrected chi connectivity index (χ4v) is 1.95. The van der Waals surface area contributed by atoms with E-state index in [2.05, 4.69) is 10.3 Å². The molecule has 0 unspecified atom stereocenters. The number of aromatic nitrogens is 1. The maximum atomic E-state index is 12.8. The van der Waals surface area contributed by atoms with Gasteiger partial charge in [0.15, 0.2) is 0 Å². The Bertz CT molecular complexity index is 619. The summed E-state index contributed by atoms with van der Waals surface area (Å²) in [6.45, 7) is 2.63. The highest BCUT2D eigenvalue weighted by Crippen LogP contribution is 2.11. The molecule has 1 atom stereocenters. The number of amides is 2. The van der Waals surface area contributed by atoms with E-state index in [9.17, 15) is 9.18 Å². The number of halogens is 1. The summed E-state index contributed by atoms with van der Waals surface area (Å²) in [6.07, 6.45) is 3.42. The molecule has 1 N–H and O–H groups in total. The van der Waals surface area contributed by atoms with Crippen LogP contribution in [0.15, 0.2) is 48.8 Å². The van der Waals surface area contributed by atoms with Crippen LogP contribution in [0.5, 0.6) is 5.75 Å². The average Bonchev–Trinajstić information content (AvgIpc) is 2.55. The van der Waals surface area contributed by atoms with Crippen LogP contribution in [-0.2, 0) is 6.54 Å². The zero-order valence-electron chi connectivity index (χ0n) is 13.2. The molecule has 2 rings (SSSR count). The number of benzene rings is 1. The molecule has 1 heterocycles. The molecule has 6 heteroatoms. The number of nitrogens with zero attached hydrogens (tertiary/aromatic N) is 2. The van der Waals surface area contributed by atoms with Crippen LogP contribution in [0.1, 0.15) is 12.5 Å². The van der Waals surface area contributed by atoms with Crippen molar-refractivity contribution in [2.45, 2.75) is 19.5 Å². The van der Waals surface area contributed by atoms with E-state index in [1.54, 1.807) is 36.5 Å². The summed E-state index contributed by atoms with van der Waals surface area (Å²) in [5.74, 6) is 0.256. The van der Waals surface area contributed by atoms with Crippen LogP contribution >= 0.6 is 0 Å². The van der Waals surface area contributed by atoms with Crippen molar-refractivity contribution in [3.63, 3.8) is 0 Å². The third-order valence-electron chi connectivity index (χ3n) is 3.17. The van der Waals surface area contributed by atoms with Gasteiger partial charge in [-0.3, -0.25) is 4.98 Å². The van der Waals surface area contributed by atoms with E-state index in [1.807, 2.05) is 19.1 Å². The number of hydrogen-bond acceptors (Lipinski definition) is 3. The van der Waals surface area contributed by atoms with Crippen molar-refractivity contribution < 1.29 is 13.9 Å². The van der Waals surface area contributed by atoms with E-state index in [4.69, 9.17) is 4.74 Å². The number of urea groups is 1. The molecule has 0 aliphatic heterocycles. The van der Waals surface area contributed by atoms with Crippen molar-refractivity contribution in [3.05, 3.63) is 60.2 Å². The summed E-state index contributed by atoms with van der Waals surface area (Å²) < 4.78 is 18.3. The molecule has 1 aromatic carbocycles. The Morgan fingerprint density at radius 1 is 1.35 bits per heavy atom. The van der Waals surface area contributed by atoms with E-state index in [0.717, 1.165) is 5.56 Å². The first-order valence-corrected chi connectivity index (χ1v) is 7.33. The van der Waals surface area contributed by atoms with E-state index >= 15 is 0 Å². The monoisotopic (exact) mass is 317 g/mol. The molecule has 2 aromatic rings. The lowest BCUT2D eigenvalue weighted by atomic mass is 10.3. The Morgan fingerprint density at radius 3 is 2.74 bits per heavy atom. The minimum absolute atomic E-state index is 0.177. The first-order valence-electron chi connectivity index (χ1n) is 7.33. The van der Waals surface area contributed by atoms with Gasteiger partial charge in [0, 0.05) is 26.0 Å². The van der Waals surface area contributed by atoms with Gasteiger partial charge in [-0.25, -0.2) is 9.18 Å². The SMILES string of the molecule is C[C@H](COc1ccc(F)cc1)NC(=O)N(C)Cc1cccnc1. The normalized spacial score (nSPS) is 11.6. The Kier molecular flexibility index (Phi) is 5.91. The predicted molar refractivity (Wildman–Crippen MR) is 85.6 cm³/mol. The zero-order valence-corrected chi connectivity index (χ0v) is 13.2. The van der Waals surface area contributed by atoms with Gasteiger partial charge in [0.25, 0.3) is 0 Å². The molecule has 0 fully saturated rings. The third kappa shape index (κ3) is 5.58. The van der Waals surface area contributed by atoms with Gasteiger partial charge in [-0.2, -0.15) is 0 Å². The summed E-state index contributed by atoms with van der Waals surface area (Å²) >= 11 is 0. The average molecular weight is 317 g/mol. The van der Waals surface area contributed by atoms with Crippen LogP contribution in [0.3, 0.4) is 0 Å². The molecular formula is C17H20FN3O2. The predicted octanol–water partition coefficient (Wildman–Crippen LogP) is 2.83. The lowest BCUT2D eigenvalue weighted by Crippen LogP contribution is -2.43. The number of carbonyl (C=O) groups excluding carboxylic acids is 1. The molecule has 1 aromatic heterocycles. The number of hydrogen-bond donors (Lipinski definition) is 1. The highest BCUT2D eigenvalue weighted by molar-refractivity contribution is 5.74. The molecule has 0 aliphatic rings. The lowest BCUT2D eigenvalue weighted by molar-refractivity contribution is 0.195. The van der Waals surface area contributed by atoms with Crippen molar-refractivity contribution in [3.8, 4) is 5.75 Å². The molecule has 0 bridgehead atoms. The lowest BCUT2D eigenvalue weighted by Gasteiger charge is -2.21. The smallest absolute Gasteiger partial charge is 0.317 e. The molecule has 0 radical (unpaired) electrons. The van der Waals surface area contributed by atoms with Crippen LogP contribution in [0.4, 0.5) is 9.18 Å². The van der Waals surface area contributed by atoms with Gasteiger partial charge in [0.1, 0.15) is 18.2 Å². The summed E-state index contributed by atoms with van der Waals surface area (Å²) in [5, 5.41) is 2.85. The molecule has 0 aliphatic carbocycles. The maximum Gasteiger partial charge on any atom is 0.317 e. The zero-order chi connectivity index (χ0) is 16.7. The molecule has 0 spiro atoms. The second kappa shape index (κ2) is 8.12. The first-order chi connectivity index (χ1) is 11.0. The van der Waals surface area contributed by atoms with Gasteiger partial charge < -0.3 is 15.0 Å². The number of rotatable bonds is 6. The Morgan fingerprint density at radius 2 is 2.09 bits per heavy atom. The van der Waals surface area contributed by atoms with Gasteiger partial charge in [-0.1, -0.05) is 6.07 Å². The van der Waals surface area contributed by atoms with E-state index in [1.165, 1.54) is 12.1 Å². The number of ether oxygens (including phenoxy) is 1. The Labute approximate surface area is 135 Å². The molecule has 5 nitrogen and oxygen atoms in total. The van der Waals surface area contributed by atoms with Crippen LogP contribution < -0.4 is 10.1 Å². The number of pyridine rings is 1. The fourth-order valence-electron chi connectivity index (χ4n) is 1.95. The topological polar surface area (TPSA) is 54.5 Å². The summed E-state index contributed by atoms with van der Waals surface area (Å²) in [5.41, 5.74) is 0.959. The van der Waals surface area contributed by atoms with E-state index in [-0.39, 0.29) is 17.9 Å². The van der Waals surface area contributed by atoms with Crippen LogP contribution in [0, 0.1) is 5.82 Å². The third-order valence-corrected chi connectivity index (χ3v) is 3.17. The molecule has 0 saturated carbocycles. The van der Waals surface area contributed by atoms with Crippen molar-refractivity contribution in [1.29, 1.82) is 0 Å². The Balaban J connectivity index is 1.76. The molecule has 2 amide bonds. The van der Waals surface area contributed by atoms with Gasteiger partial charge in [-0.15, -0.1) is 0 Å². The minimum Gasteiger partial charge on any atom is -0.491 e. The summed E-state index contributed by atoms with van der Waals surface area (Å²) in [6, 6.07) is 9.16. The van der Waals surface area contributed by atoms with Crippen molar-refractivity contribution >= 4 is 6.03 Å². The molecular weight excluding hydrogens is 297 g/mol. The first kappa shape index (κ1) is 16.7. The number of nitrogens with one attached hydrogen (secondary N) is 1. The molecule has 0 saturated heterocycles. The van der Waals surface area contributed by atoms with Crippen LogP contribution in [-0.4, -0.2) is 35.6 Å². The standard InChI is InChI=1S/C17H20FN3O2/c1-13(12-23-16-7-5-15(18)6-8-16)20-17(22)21(2)11-14-4-3-9-19-10-14/h3-10,13H,11-12H2,1-2H3,(H,20,22)/t13-/m1/s1. The van der Waals surface area contributed by atoms with Crippen LogP contribution in [0.25, 0.3) is 0 Å². The van der Waals surface area contributed by atoms with E-state index in [0.29, 0.717) is 18.9 Å². The van der Waals surface area contributed by atoms with Crippen molar-refractivity contribution in [1.82, 2.24) is 15.2 Å².